The quantitative estimate of drug-likeness (QED) is 0.464. The maximum Gasteiger partial charge on any atom is 0.264 e. The highest BCUT2D eigenvalue weighted by Crippen LogP contribution is 2.28. The van der Waals surface area contributed by atoms with Crippen molar-refractivity contribution in [2.24, 2.45) is 5.41 Å². The summed E-state index contributed by atoms with van der Waals surface area (Å²) in [4.78, 5) is 33.2. The minimum absolute atomic E-state index is 0.0160. The van der Waals surface area contributed by atoms with Crippen LogP contribution in [0.5, 0.6) is 5.75 Å². The van der Waals surface area contributed by atoms with Crippen molar-refractivity contribution in [1.29, 1.82) is 0 Å². The summed E-state index contributed by atoms with van der Waals surface area (Å²) >= 11 is 0. The van der Waals surface area contributed by atoms with Gasteiger partial charge in [0.05, 0.1) is 17.6 Å². The third kappa shape index (κ3) is 7.41. The Kier molecular flexibility index (Phi) is 8.25. The van der Waals surface area contributed by atoms with Gasteiger partial charge in [0, 0.05) is 29.4 Å². The van der Waals surface area contributed by atoms with E-state index in [4.69, 9.17) is 4.74 Å². The summed E-state index contributed by atoms with van der Waals surface area (Å²) in [6, 6.07) is 5.86. The van der Waals surface area contributed by atoms with Crippen LogP contribution in [0.2, 0.25) is 0 Å². The molecule has 1 heterocycles. The summed E-state index contributed by atoms with van der Waals surface area (Å²) in [5.41, 5.74) is -1.25. The number of anilines is 1. The van der Waals surface area contributed by atoms with E-state index in [9.17, 15) is 18.0 Å². The van der Waals surface area contributed by atoms with Gasteiger partial charge in [-0.3, -0.25) is 9.59 Å². The van der Waals surface area contributed by atoms with Crippen LogP contribution in [-0.2, 0) is 14.8 Å². The van der Waals surface area contributed by atoms with Gasteiger partial charge < -0.3 is 15.4 Å². The van der Waals surface area contributed by atoms with Crippen LogP contribution >= 0.6 is 0 Å². The van der Waals surface area contributed by atoms with Gasteiger partial charge in [-0.05, 0) is 58.4 Å². The van der Waals surface area contributed by atoms with E-state index in [0.717, 1.165) is 0 Å². The minimum atomic E-state index is -3.91. The number of carbonyl (C=O) groups excluding carboxylic acids is 2. The molecule has 0 bridgehead atoms. The first-order chi connectivity index (χ1) is 15.6. The maximum atomic E-state index is 12.7. The molecule has 2 aromatic rings. The number of ether oxygens (including phenoxy) is 1. The molecule has 0 aliphatic heterocycles. The van der Waals surface area contributed by atoms with E-state index in [1.54, 1.807) is 0 Å². The van der Waals surface area contributed by atoms with Crippen molar-refractivity contribution in [2.75, 3.05) is 11.8 Å². The number of aromatic nitrogens is 2. The molecule has 186 valence electrons. The third-order valence-electron chi connectivity index (χ3n) is 4.88. The lowest BCUT2D eigenvalue weighted by molar-refractivity contribution is -0.131. The van der Waals surface area contributed by atoms with Crippen molar-refractivity contribution in [1.82, 2.24) is 20.6 Å². The molecule has 1 aromatic carbocycles. The number of methoxy groups -OCH3 is 1. The van der Waals surface area contributed by atoms with Gasteiger partial charge in [-0.2, -0.15) is 0 Å². The van der Waals surface area contributed by atoms with Crippen molar-refractivity contribution in [3.8, 4) is 5.75 Å². The van der Waals surface area contributed by atoms with Crippen molar-refractivity contribution in [2.45, 2.75) is 64.4 Å². The minimum Gasteiger partial charge on any atom is -0.497 e. The Morgan fingerprint density at radius 2 is 1.59 bits per heavy atom. The molecule has 0 spiro atoms. The number of hydrogen-bond donors (Lipinski definition) is 3. The van der Waals surface area contributed by atoms with Crippen LogP contribution in [0.1, 0.15) is 58.3 Å². The van der Waals surface area contributed by atoms with E-state index in [-0.39, 0.29) is 28.4 Å². The molecule has 0 saturated carbocycles. The molecule has 2 amide bonds. The molecule has 11 heteroatoms. The molecule has 0 atom stereocenters. The molecule has 0 aliphatic rings. The monoisotopic (exact) mass is 491 g/mol. The second-order valence-electron chi connectivity index (χ2n) is 9.60. The van der Waals surface area contributed by atoms with Gasteiger partial charge in [0.25, 0.3) is 15.9 Å². The Labute approximate surface area is 201 Å². The standard InChI is InChI=1S/C23H33N5O5S/c1-15(2)26-20(30)22(3,4)14-23(5,6)27-19(29)16-12-24-21(25-13-16)28-34(31,32)18-10-8-17(33-7)9-11-18/h8-13,15H,14H2,1-7H3,(H,26,30)(H,27,29)(H,24,25,28). The second kappa shape index (κ2) is 10.4. The van der Waals surface area contributed by atoms with Crippen molar-refractivity contribution in [3.63, 3.8) is 0 Å². The first-order valence-electron chi connectivity index (χ1n) is 10.8. The Hall–Kier alpha value is -3.21. The highest BCUT2D eigenvalue weighted by Gasteiger charge is 2.36. The highest BCUT2D eigenvalue weighted by molar-refractivity contribution is 7.92. The SMILES string of the molecule is COc1ccc(S(=O)(=O)Nc2ncc(C(=O)NC(C)(C)CC(C)(C)C(=O)NC(C)C)cn2)cc1. The van der Waals surface area contributed by atoms with Crippen LogP contribution in [0.4, 0.5) is 5.95 Å². The van der Waals surface area contributed by atoms with Crippen LogP contribution < -0.4 is 20.1 Å². The van der Waals surface area contributed by atoms with Crippen LogP contribution in [0.3, 0.4) is 0 Å². The van der Waals surface area contributed by atoms with E-state index in [2.05, 4.69) is 25.3 Å². The van der Waals surface area contributed by atoms with Gasteiger partial charge in [0.1, 0.15) is 5.75 Å². The van der Waals surface area contributed by atoms with Gasteiger partial charge in [0.15, 0.2) is 0 Å². The lowest BCUT2D eigenvalue weighted by Crippen LogP contribution is -2.50. The Morgan fingerprint density at radius 1 is 1.03 bits per heavy atom. The lowest BCUT2D eigenvalue weighted by atomic mass is 9.79. The second-order valence-corrected chi connectivity index (χ2v) is 11.3. The van der Waals surface area contributed by atoms with Gasteiger partial charge in [-0.25, -0.2) is 23.1 Å². The molecular formula is C23H33N5O5S. The predicted molar refractivity (Wildman–Crippen MR) is 129 cm³/mol. The molecule has 2 rings (SSSR count). The average molecular weight is 492 g/mol. The van der Waals surface area contributed by atoms with E-state index in [0.29, 0.717) is 12.2 Å². The number of carbonyl (C=O) groups is 2. The van der Waals surface area contributed by atoms with Crippen molar-refractivity contribution < 1.29 is 22.7 Å². The molecule has 3 N–H and O–H groups in total. The smallest absolute Gasteiger partial charge is 0.264 e. The molecular weight excluding hydrogens is 458 g/mol. The third-order valence-corrected chi connectivity index (χ3v) is 6.22. The van der Waals surface area contributed by atoms with E-state index < -0.39 is 26.9 Å². The van der Waals surface area contributed by atoms with E-state index in [1.165, 1.54) is 43.8 Å². The summed E-state index contributed by atoms with van der Waals surface area (Å²) in [6.07, 6.45) is 2.87. The summed E-state index contributed by atoms with van der Waals surface area (Å²) < 4.78 is 32.3. The van der Waals surface area contributed by atoms with Crippen molar-refractivity contribution in [3.05, 3.63) is 42.2 Å². The molecule has 1 aromatic heterocycles. The first kappa shape index (κ1) is 27.0. The first-order valence-corrected chi connectivity index (χ1v) is 12.3. The zero-order chi connectivity index (χ0) is 25.7. The number of amides is 2. The zero-order valence-corrected chi connectivity index (χ0v) is 21.4. The predicted octanol–water partition coefficient (Wildman–Crippen LogP) is 2.74. The van der Waals surface area contributed by atoms with Gasteiger partial charge in [0.2, 0.25) is 11.9 Å². The molecule has 10 nitrogen and oxygen atoms in total. The molecule has 0 saturated heterocycles. The highest BCUT2D eigenvalue weighted by atomic mass is 32.2. The fourth-order valence-electron chi connectivity index (χ4n) is 3.50. The average Bonchev–Trinajstić information content (AvgIpc) is 2.72. The topological polar surface area (TPSA) is 139 Å². The molecule has 0 fully saturated rings. The summed E-state index contributed by atoms with van der Waals surface area (Å²) in [5.74, 6) is -0.174. The summed E-state index contributed by atoms with van der Waals surface area (Å²) in [5, 5.41) is 5.79. The zero-order valence-electron chi connectivity index (χ0n) is 20.6. The van der Waals surface area contributed by atoms with Gasteiger partial charge in [-0.1, -0.05) is 13.8 Å². The fraction of sp³-hybridized carbons (Fsp3) is 0.478. The number of nitrogens with zero attached hydrogens (tertiary/aromatic N) is 2. The van der Waals surface area contributed by atoms with Crippen LogP contribution in [0, 0.1) is 5.41 Å². The van der Waals surface area contributed by atoms with E-state index >= 15 is 0 Å². The largest absolute Gasteiger partial charge is 0.497 e. The van der Waals surface area contributed by atoms with Crippen LogP contribution in [0.25, 0.3) is 0 Å². The van der Waals surface area contributed by atoms with Gasteiger partial charge >= 0.3 is 0 Å². The normalized spacial score (nSPS) is 12.2. The van der Waals surface area contributed by atoms with Gasteiger partial charge in [-0.15, -0.1) is 0 Å². The number of nitrogens with one attached hydrogen (secondary N) is 3. The van der Waals surface area contributed by atoms with Crippen LogP contribution in [-0.4, -0.2) is 48.9 Å². The van der Waals surface area contributed by atoms with Crippen LogP contribution in [0.15, 0.2) is 41.6 Å². The molecule has 0 unspecified atom stereocenters. The number of rotatable bonds is 10. The van der Waals surface area contributed by atoms with Crippen molar-refractivity contribution >= 4 is 27.8 Å². The number of hydrogen-bond acceptors (Lipinski definition) is 7. The number of benzene rings is 1. The molecule has 0 aliphatic carbocycles. The molecule has 0 radical (unpaired) electrons. The van der Waals surface area contributed by atoms with E-state index in [1.807, 2.05) is 41.5 Å². The Morgan fingerprint density at radius 3 is 2.09 bits per heavy atom. The molecule has 34 heavy (non-hydrogen) atoms. The Bertz CT molecular complexity index is 1110. The Balaban J connectivity index is 2.05. The lowest BCUT2D eigenvalue weighted by Gasteiger charge is -2.35. The fourth-order valence-corrected chi connectivity index (χ4v) is 4.46. The maximum absolute atomic E-state index is 12.7. The summed E-state index contributed by atoms with van der Waals surface area (Å²) in [7, 11) is -2.42. The summed E-state index contributed by atoms with van der Waals surface area (Å²) in [6.45, 7) is 11.1. The number of sulfonamides is 1.